The SMILES string of the molecule is C=C(O)CNC(=O)c1ccc([S+]([O-])N2CCC(c3ccc(OCCOCCOCCOCCOCCOCCOc4cc(NC(=O)c5c[nH]c6ccccc6c5=O)c(C(C)(C)C)cc4C(C)(C)C)cc3)CC2)cc1. The first kappa shape index (κ1) is 57.5. The molecule has 0 saturated carbocycles. The Morgan fingerprint density at radius 3 is 1.81 bits per heavy atom. The number of nitrogens with zero attached hydrogens (tertiary/aromatic N) is 1. The first-order valence-corrected chi connectivity index (χ1v) is 26.4. The van der Waals surface area contributed by atoms with Crippen LogP contribution in [0, 0.1) is 0 Å². The molecule has 1 atom stereocenters. The second-order valence-electron chi connectivity index (χ2n) is 20.0. The molecule has 2 amide bonds. The Morgan fingerprint density at radius 1 is 0.716 bits per heavy atom. The van der Waals surface area contributed by atoms with E-state index in [0.717, 1.165) is 29.7 Å². The number of hydrogen-bond donors (Lipinski definition) is 4. The number of benzene rings is 4. The van der Waals surface area contributed by atoms with Gasteiger partial charge >= 0.3 is 0 Å². The molecule has 0 spiro atoms. The van der Waals surface area contributed by atoms with Gasteiger partial charge in [0.05, 0.1) is 84.0 Å². The fourth-order valence-corrected chi connectivity index (χ4v) is 9.50. The number of carbonyl (C=O) groups is 2. The van der Waals surface area contributed by atoms with Crippen LogP contribution in [0.1, 0.15) is 97.7 Å². The smallest absolute Gasteiger partial charge is 0.261 e. The van der Waals surface area contributed by atoms with Crippen LogP contribution in [0.15, 0.2) is 113 Å². The molecule has 1 fully saturated rings. The van der Waals surface area contributed by atoms with Gasteiger partial charge in [0.15, 0.2) is 4.90 Å². The average molecular weight is 1040 g/mol. The number of H-pyrrole nitrogens is 1. The van der Waals surface area contributed by atoms with Crippen LogP contribution in [0.25, 0.3) is 10.9 Å². The molecule has 0 radical (unpaired) electrons. The number of aliphatic hydroxyl groups is 1. The monoisotopic (exact) mass is 1040 g/mol. The number of hydrogen-bond acceptors (Lipinski definition) is 13. The van der Waals surface area contributed by atoms with Crippen LogP contribution in [0.4, 0.5) is 5.69 Å². The molecule has 2 heterocycles. The van der Waals surface area contributed by atoms with Gasteiger partial charge in [0, 0.05) is 47.5 Å². The highest BCUT2D eigenvalue weighted by molar-refractivity contribution is 7.89. The first-order chi connectivity index (χ1) is 35.5. The van der Waals surface area contributed by atoms with Crippen molar-refractivity contribution in [2.24, 2.45) is 0 Å². The summed E-state index contributed by atoms with van der Waals surface area (Å²) in [6.45, 7) is 22.3. The second kappa shape index (κ2) is 28.2. The van der Waals surface area contributed by atoms with Crippen molar-refractivity contribution in [1.29, 1.82) is 0 Å². The molecular formula is C57H74N4O12S. The minimum absolute atomic E-state index is 0.0185. The number of rotatable bonds is 28. The molecule has 4 N–H and O–H groups in total. The molecule has 16 nitrogen and oxygen atoms in total. The van der Waals surface area contributed by atoms with Crippen molar-refractivity contribution >= 4 is 39.8 Å². The van der Waals surface area contributed by atoms with Crippen molar-refractivity contribution in [3.05, 3.63) is 142 Å². The minimum Gasteiger partial charge on any atom is -0.593 e. The maximum Gasteiger partial charge on any atom is 0.261 e. The van der Waals surface area contributed by atoms with E-state index in [1.165, 1.54) is 11.8 Å². The van der Waals surface area contributed by atoms with Crippen LogP contribution < -0.4 is 25.5 Å². The molecule has 0 bridgehead atoms. The highest BCUT2D eigenvalue weighted by Crippen LogP contribution is 2.40. The Balaban J connectivity index is 0.769. The zero-order chi connectivity index (χ0) is 53.1. The van der Waals surface area contributed by atoms with Crippen molar-refractivity contribution < 1.29 is 52.4 Å². The van der Waals surface area contributed by atoms with Crippen molar-refractivity contribution in [2.45, 2.75) is 76.0 Å². The van der Waals surface area contributed by atoms with Crippen molar-refractivity contribution in [1.82, 2.24) is 14.6 Å². The topological polar surface area (TPSA) is 202 Å². The zero-order valence-electron chi connectivity index (χ0n) is 43.8. The normalized spacial score (nSPS) is 13.9. The van der Waals surface area contributed by atoms with E-state index in [-0.39, 0.29) is 40.0 Å². The van der Waals surface area contributed by atoms with Gasteiger partial charge in [-0.3, -0.25) is 14.4 Å². The van der Waals surface area contributed by atoms with Crippen LogP contribution in [0.5, 0.6) is 11.5 Å². The van der Waals surface area contributed by atoms with Crippen LogP contribution in [0.3, 0.4) is 0 Å². The minimum atomic E-state index is -1.32. The summed E-state index contributed by atoms with van der Waals surface area (Å²) in [7, 11) is 0. The molecule has 6 rings (SSSR count). The predicted octanol–water partition coefficient (Wildman–Crippen LogP) is 8.62. The Hall–Kier alpha value is -5.76. The quantitative estimate of drug-likeness (QED) is 0.0211. The van der Waals surface area contributed by atoms with Crippen LogP contribution in [0.2, 0.25) is 0 Å². The number of carbonyl (C=O) groups excluding carboxylic acids is 2. The summed E-state index contributed by atoms with van der Waals surface area (Å²) in [4.78, 5) is 42.7. The molecule has 1 aliphatic heterocycles. The number of piperidine rings is 1. The number of aromatic amines is 1. The number of aromatic nitrogens is 1. The van der Waals surface area contributed by atoms with Crippen molar-refractivity contribution in [3.63, 3.8) is 0 Å². The fourth-order valence-electron chi connectivity index (χ4n) is 8.29. The Morgan fingerprint density at radius 2 is 1.26 bits per heavy atom. The molecule has 17 heteroatoms. The van der Waals surface area contributed by atoms with Crippen LogP contribution >= 0.6 is 0 Å². The summed E-state index contributed by atoms with van der Waals surface area (Å²) in [6.07, 6.45) is 3.22. The highest BCUT2D eigenvalue weighted by atomic mass is 32.2. The molecule has 400 valence electrons. The summed E-state index contributed by atoms with van der Waals surface area (Å²) in [5, 5.41) is 15.2. The summed E-state index contributed by atoms with van der Waals surface area (Å²) >= 11 is -1.32. The maximum absolute atomic E-state index is 13.6. The van der Waals surface area contributed by atoms with Gasteiger partial charge in [-0.1, -0.05) is 72.4 Å². The molecule has 0 aliphatic carbocycles. The lowest BCUT2D eigenvalue weighted by atomic mass is 9.79. The van der Waals surface area contributed by atoms with E-state index in [2.05, 4.69) is 81.9 Å². The third-order valence-electron chi connectivity index (χ3n) is 12.3. The Bertz CT molecular complexity index is 2640. The number of para-hydroxylation sites is 1. The van der Waals surface area contributed by atoms with Gasteiger partial charge in [0.25, 0.3) is 11.8 Å². The van der Waals surface area contributed by atoms with Gasteiger partial charge in [-0.2, -0.15) is 0 Å². The molecule has 74 heavy (non-hydrogen) atoms. The predicted molar refractivity (Wildman–Crippen MR) is 288 cm³/mol. The first-order valence-electron chi connectivity index (χ1n) is 25.3. The number of pyridine rings is 1. The largest absolute Gasteiger partial charge is 0.593 e. The zero-order valence-corrected chi connectivity index (χ0v) is 44.6. The van der Waals surface area contributed by atoms with Gasteiger partial charge in [-0.05, 0) is 101 Å². The number of aliphatic hydroxyl groups excluding tert-OH is 1. The Kier molecular flexibility index (Phi) is 21.9. The molecule has 1 saturated heterocycles. The maximum atomic E-state index is 13.6. The molecular weight excluding hydrogens is 965 g/mol. The third kappa shape index (κ3) is 17.4. The Labute approximate surface area is 438 Å². The van der Waals surface area contributed by atoms with E-state index in [1.807, 2.05) is 28.6 Å². The van der Waals surface area contributed by atoms with Gasteiger partial charge < -0.3 is 58.4 Å². The average Bonchev–Trinajstić information content (AvgIpc) is 3.38. The molecule has 4 aromatic carbocycles. The number of amides is 2. The summed E-state index contributed by atoms with van der Waals surface area (Å²) in [5.74, 6) is 0.825. The van der Waals surface area contributed by atoms with Gasteiger partial charge in [0.1, 0.15) is 36.0 Å². The highest BCUT2D eigenvalue weighted by Gasteiger charge is 2.30. The van der Waals surface area contributed by atoms with E-state index in [9.17, 15) is 24.0 Å². The van der Waals surface area contributed by atoms with Crippen molar-refractivity contribution in [3.8, 4) is 11.5 Å². The van der Waals surface area contributed by atoms with E-state index < -0.39 is 17.3 Å². The summed E-state index contributed by atoms with van der Waals surface area (Å²) in [5.41, 5.74) is 3.95. The van der Waals surface area contributed by atoms with E-state index in [0.29, 0.717) is 131 Å². The van der Waals surface area contributed by atoms with E-state index in [1.54, 1.807) is 42.5 Å². The lowest BCUT2D eigenvalue weighted by Gasteiger charge is -2.31. The van der Waals surface area contributed by atoms with Crippen molar-refractivity contribution in [2.75, 3.05) is 104 Å². The summed E-state index contributed by atoms with van der Waals surface area (Å²) < 4.78 is 55.7. The van der Waals surface area contributed by atoms with Gasteiger partial charge in [-0.25, -0.2) is 0 Å². The number of fused-ring (bicyclic) bond motifs is 1. The lowest BCUT2D eigenvalue weighted by molar-refractivity contribution is -0.0141. The van der Waals surface area contributed by atoms with Gasteiger partial charge in [0.2, 0.25) is 5.43 Å². The molecule has 1 aliphatic rings. The number of ether oxygens (including phenoxy) is 7. The standard InChI is InChI=1S/C57H74N4O12S/c1-40(62)38-59-54(64)43-14-18-45(19-15-43)74(66)61-22-20-42(21-23-61)41-12-16-44(17-13-41)72-34-32-70-30-28-68-26-24-67-25-27-69-29-31-71-33-35-73-52-37-51(48(56(2,3)4)36-49(52)57(5,6)7)60-55(65)47-39-58-50-11-9-8-10-46(50)53(47)63/h8-19,36-37,39,42,62H,1,20-35,38H2,2-7H3,(H,58,63)(H,59,64)(H,60,65). The number of nitrogens with one attached hydrogen (secondary N) is 3. The van der Waals surface area contributed by atoms with Crippen LogP contribution in [-0.4, -0.2) is 130 Å². The summed E-state index contributed by atoms with van der Waals surface area (Å²) in [6, 6.07) is 25.9. The van der Waals surface area contributed by atoms with Crippen LogP contribution in [-0.2, 0) is 45.9 Å². The van der Waals surface area contributed by atoms with Gasteiger partial charge in [-0.15, -0.1) is 4.31 Å². The third-order valence-corrected chi connectivity index (χ3v) is 13.8. The molecule has 1 unspecified atom stereocenters. The number of anilines is 1. The van der Waals surface area contributed by atoms with E-state index >= 15 is 0 Å². The molecule has 1 aromatic heterocycles. The van der Waals surface area contributed by atoms with E-state index in [4.69, 9.17) is 33.2 Å². The second-order valence-corrected chi connectivity index (χ2v) is 21.5. The lowest BCUT2D eigenvalue weighted by Crippen LogP contribution is -2.37. The fraction of sp³-hybridized carbons (Fsp3) is 0.456. The molecule has 5 aromatic rings.